The number of pyridine rings is 1. The standard InChI is InChI=1S/C15H23NO2/c1-2-13-15(18)14(17)10-11-16(13)12-8-6-4-3-5-7-9-12/h10-12,18H,2-9H2,1H3. The molecule has 0 saturated heterocycles. The molecule has 1 fully saturated rings. The Kier molecular flexibility index (Phi) is 4.45. The molecule has 1 aromatic heterocycles. The van der Waals surface area contributed by atoms with Crippen LogP contribution in [0.2, 0.25) is 0 Å². The third-order valence-electron chi connectivity index (χ3n) is 4.01. The summed E-state index contributed by atoms with van der Waals surface area (Å²) in [4.78, 5) is 11.5. The van der Waals surface area contributed by atoms with Crippen LogP contribution in [0.3, 0.4) is 0 Å². The maximum atomic E-state index is 11.5. The summed E-state index contributed by atoms with van der Waals surface area (Å²) in [5.41, 5.74) is 0.544. The SMILES string of the molecule is CCc1c(O)c(=O)ccn1C1CCCCCCC1. The van der Waals surface area contributed by atoms with Crippen molar-refractivity contribution in [1.29, 1.82) is 0 Å². The largest absolute Gasteiger partial charge is 0.503 e. The first-order valence-electron chi connectivity index (χ1n) is 7.17. The minimum Gasteiger partial charge on any atom is -0.503 e. The fourth-order valence-electron chi connectivity index (χ4n) is 2.99. The third kappa shape index (κ3) is 2.77. The molecule has 0 radical (unpaired) electrons. The third-order valence-corrected chi connectivity index (χ3v) is 4.01. The van der Waals surface area contributed by atoms with Crippen LogP contribution in [0.5, 0.6) is 5.75 Å². The van der Waals surface area contributed by atoms with Gasteiger partial charge in [0.05, 0.1) is 5.69 Å². The van der Waals surface area contributed by atoms with Gasteiger partial charge in [-0.15, -0.1) is 0 Å². The molecule has 1 N–H and O–H groups in total. The summed E-state index contributed by atoms with van der Waals surface area (Å²) in [5, 5.41) is 9.90. The predicted molar refractivity (Wildman–Crippen MR) is 73.1 cm³/mol. The molecular weight excluding hydrogens is 226 g/mol. The van der Waals surface area contributed by atoms with Gasteiger partial charge in [-0.2, -0.15) is 0 Å². The minimum absolute atomic E-state index is 0.0536. The Morgan fingerprint density at radius 3 is 2.44 bits per heavy atom. The first-order chi connectivity index (χ1) is 8.74. The number of hydrogen-bond donors (Lipinski definition) is 1. The van der Waals surface area contributed by atoms with Gasteiger partial charge in [-0.3, -0.25) is 4.79 Å². The average molecular weight is 249 g/mol. The normalized spacial score (nSPS) is 18.3. The maximum Gasteiger partial charge on any atom is 0.223 e. The van der Waals surface area contributed by atoms with Crippen molar-refractivity contribution in [3.05, 3.63) is 28.2 Å². The summed E-state index contributed by atoms with van der Waals surface area (Å²) in [6.45, 7) is 1.99. The van der Waals surface area contributed by atoms with E-state index in [4.69, 9.17) is 0 Å². The lowest BCUT2D eigenvalue weighted by Crippen LogP contribution is -2.18. The van der Waals surface area contributed by atoms with E-state index in [1.165, 1.54) is 38.2 Å². The lowest BCUT2D eigenvalue weighted by molar-refractivity contribution is 0.354. The van der Waals surface area contributed by atoms with Crippen LogP contribution in [-0.2, 0) is 6.42 Å². The van der Waals surface area contributed by atoms with E-state index in [2.05, 4.69) is 4.57 Å². The van der Waals surface area contributed by atoms with Crippen molar-refractivity contribution in [2.45, 2.75) is 64.3 Å². The number of aromatic nitrogens is 1. The summed E-state index contributed by atoms with van der Waals surface area (Å²) in [7, 11) is 0. The molecule has 1 aliphatic rings. The summed E-state index contributed by atoms with van der Waals surface area (Å²) in [5.74, 6) is -0.0536. The van der Waals surface area contributed by atoms with E-state index in [9.17, 15) is 9.90 Å². The molecule has 1 aliphatic carbocycles. The monoisotopic (exact) mass is 249 g/mol. The van der Waals surface area contributed by atoms with Crippen molar-refractivity contribution in [2.24, 2.45) is 0 Å². The smallest absolute Gasteiger partial charge is 0.223 e. The van der Waals surface area contributed by atoms with Crippen molar-refractivity contribution >= 4 is 0 Å². The van der Waals surface area contributed by atoms with Crippen LogP contribution in [0.1, 0.15) is 63.6 Å². The van der Waals surface area contributed by atoms with Crippen LogP contribution in [0.25, 0.3) is 0 Å². The molecule has 0 unspecified atom stereocenters. The van der Waals surface area contributed by atoms with Gasteiger partial charge in [-0.05, 0) is 19.3 Å². The highest BCUT2D eigenvalue weighted by atomic mass is 16.3. The number of rotatable bonds is 2. The molecule has 0 spiro atoms. The zero-order valence-corrected chi connectivity index (χ0v) is 11.2. The molecule has 100 valence electrons. The highest BCUT2D eigenvalue weighted by Gasteiger charge is 2.17. The lowest BCUT2D eigenvalue weighted by atomic mass is 9.96. The molecule has 18 heavy (non-hydrogen) atoms. The summed E-state index contributed by atoms with van der Waals surface area (Å²) < 4.78 is 2.14. The molecule has 0 amide bonds. The van der Waals surface area contributed by atoms with Gasteiger partial charge in [0, 0.05) is 18.3 Å². The lowest BCUT2D eigenvalue weighted by Gasteiger charge is -2.25. The molecule has 0 bridgehead atoms. The second-order valence-electron chi connectivity index (χ2n) is 5.24. The van der Waals surface area contributed by atoms with Gasteiger partial charge < -0.3 is 9.67 Å². The van der Waals surface area contributed by atoms with Crippen LogP contribution >= 0.6 is 0 Å². The molecule has 2 rings (SSSR count). The number of aromatic hydroxyl groups is 1. The van der Waals surface area contributed by atoms with E-state index in [-0.39, 0.29) is 11.2 Å². The van der Waals surface area contributed by atoms with Crippen molar-refractivity contribution < 1.29 is 5.11 Å². The minimum atomic E-state index is -0.256. The second-order valence-corrected chi connectivity index (χ2v) is 5.24. The van der Waals surface area contributed by atoms with Crippen molar-refractivity contribution in [1.82, 2.24) is 4.57 Å². The first-order valence-corrected chi connectivity index (χ1v) is 7.17. The Labute approximate surface area is 108 Å². The molecule has 0 aliphatic heterocycles. The van der Waals surface area contributed by atoms with Crippen molar-refractivity contribution in [3.63, 3.8) is 0 Å². The Hall–Kier alpha value is -1.25. The fourth-order valence-corrected chi connectivity index (χ4v) is 2.99. The number of nitrogens with zero attached hydrogens (tertiary/aromatic N) is 1. The van der Waals surface area contributed by atoms with E-state index in [0.29, 0.717) is 12.5 Å². The molecule has 1 saturated carbocycles. The molecule has 1 heterocycles. The average Bonchev–Trinajstić information content (AvgIpc) is 2.33. The first kappa shape index (κ1) is 13.2. The van der Waals surface area contributed by atoms with Gasteiger partial charge in [0.15, 0.2) is 5.75 Å². The van der Waals surface area contributed by atoms with Gasteiger partial charge in [-0.1, -0.05) is 39.0 Å². The van der Waals surface area contributed by atoms with E-state index in [1.807, 2.05) is 13.1 Å². The van der Waals surface area contributed by atoms with Crippen LogP contribution < -0.4 is 5.43 Å². The maximum absolute atomic E-state index is 11.5. The van der Waals surface area contributed by atoms with Gasteiger partial charge in [-0.25, -0.2) is 0 Å². The van der Waals surface area contributed by atoms with Crippen LogP contribution in [0, 0.1) is 0 Å². The van der Waals surface area contributed by atoms with Crippen LogP contribution in [0.15, 0.2) is 17.1 Å². The Bertz CT molecular complexity index is 442. The van der Waals surface area contributed by atoms with Gasteiger partial charge in [0.25, 0.3) is 0 Å². The van der Waals surface area contributed by atoms with E-state index in [0.717, 1.165) is 18.5 Å². The van der Waals surface area contributed by atoms with Crippen molar-refractivity contribution in [2.75, 3.05) is 0 Å². The zero-order valence-electron chi connectivity index (χ0n) is 11.2. The summed E-state index contributed by atoms with van der Waals surface area (Å²) in [6.07, 6.45) is 11.4. The number of hydrogen-bond acceptors (Lipinski definition) is 2. The van der Waals surface area contributed by atoms with Gasteiger partial charge in [0.2, 0.25) is 5.43 Å². The zero-order chi connectivity index (χ0) is 13.0. The Morgan fingerprint density at radius 1 is 1.22 bits per heavy atom. The van der Waals surface area contributed by atoms with Crippen molar-refractivity contribution in [3.8, 4) is 5.75 Å². The summed E-state index contributed by atoms with van der Waals surface area (Å²) in [6, 6.07) is 1.94. The molecule has 1 aromatic rings. The van der Waals surface area contributed by atoms with Gasteiger partial charge >= 0.3 is 0 Å². The van der Waals surface area contributed by atoms with E-state index in [1.54, 1.807) is 0 Å². The predicted octanol–water partition coefficient (Wildman–Crippen LogP) is 3.40. The highest BCUT2D eigenvalue weighted by molar-refractivity contribution is 5.27. The van der Waals surface area contributed by atoms with E-state index < -0.39 is 0 Å². The second kappa shape index (κ2) is 6.07. The van der Waals surface area contributed by atoms with Crippen LogP contribution in [0.4, 0.5) is 0 Å². The molecule has 3 heteroatoms. The Balaban J connectivity index is 2.30. The molecule has 0 aromatic carbocycles. The van der Waals surface area contributed by atoms with E-state index >= 15 is 0 Å². The Morgan fingerprint density at radius 2 is 1.83 bits per heavy atom. The summed E-state index contributed by atoms with van der Waals surface area (Å²) >= 11 is 0. The molecule has 3 nitrogen and oxygen atoms in total. The van der Waals surface area contributed by atoms with Crippen LogP contribution in [-0.4, -0.2) is 9.67 Å². The molecule has 0 atom stereocenters. The highest BCUT2D eigenvalue weighted by Crippen LogP contribution is 2.28. The van der Waals surface area contributed by atoms with Gasteiger partial charge in [0.1, 0.15) is 0 Å². The topological polar surface area (TPSA) is 42.2 Å². The fraction of sp³-hybridized carbons (Fsp3) is 0.667. The molecular formula is C15H23NO2. The quantitative estimate of drug-likeness (QED) is 0.872.